The fourth-order valence-corrected chi connectivity index (χ4v) is 2.02. The van der Waals surface area contributed by atoms with Crippen LogP contribution in [0.15, 0.2) is 0 Å². The first kappa shape index (κ1) is 14.4. The zero-order valence-electron chi connectivity index (χ0n) is 8.25. The van der Waals surface area contributed by atoms with Gasteiger partial charge in [-0.1, -0.05) is 6.92 Å². The second-order valence-corrected chi connectivity index (χ2v) is 5.15. The molecular weight excluding hydrogens is 178 g/mol. The Balaban J connectivity index is 0. The van der Waals surface area contributed by atoms with Crippen LogP contribution < -0.4 is 6.15 Å². The van der Waals surface area contributed by atoms with Gasteiger partial charge in [-0.15, -0.1) is 0 Å². The third-order valence-electron chi connectivity index (χ3n) is 0.831. The van der Waals surface area contributed by atoms with Crippen molar-refractivity contribution >= 4 is 10.1 Å². The predicted molar refractivity (Wildman–Crippen MR) is 49.9 cm³/mol. The summed E-state index contributed by atoms with van der Waals surface area (Å²) in [4.78, 5) is 0. The van der Waals surface area contributed by atoms with Gasteiger partial charge in [0.15, 0.2) is 0 Å². The van der Waals surface area contributed by atoms with Crippen molar-refractivity contribution < 1.29 is 12.6 Å². The Morgan fingerprint density at radius 3 is 1.92 bits per heavy atom. The Kier molecular flexibility index (Phi) is 5.75. The maximum Gasteiger partial charge on any atom is 0.267 e. The van der Waals surface area contributed by atoms with E-state index in [1.807, 2.05) is 6.92 Å². The van der Waals surface area contributed by atoms with Crippen molar-refractivity contribution in [2.45, 2.75) is 39.7 Å². The highest BCUT2D eigenvalue weighted by Gasteiger charge is 2.20. The summed E-state index contributed by atoms with van der Waals surface area (Å²) in [6, 6.07) is 0. The third kappa shape index (κ3) is 7.97. The molecule has 76 valence electrons. The lowest BCUT2D eigenvalue weighted by Crippen LogP contribution is -2.25. The van der Waals surface area contributed by atoms with E-state index in [9.17, 15) is 8.42 Å². The predicted octanol–water partition coefficient (Wildman–Crippen LogP) is 1.70. The molecule has 0 aromatic heterocycles. The van der Waals surface area contributed by atoms with Crippen molar-refractivity contribution in [1.29, 1.82) is 0 Å². The van der Waals surface area contributed by atoms with Crippen LogP contribution in [0.2, 0.25) is 0 Å². The zero-order chi connectivity index (χ0) is 9.12. The van der Waals surface area contributed by atoms with Gasteiger partial charge in [-0.25, -0.2) is 0 Å². The molecule has 0 bridgehead atoms. The van der Waals surface area contributed by atoms with E-state index in [-0.39, 0.29) is 11.9 Å². The van der Waals surface area contributed by atoms with Gasteiger partial charge in [0, 0.05) is 0 Å². The molecule has 5 heteroatoms. The maximum absolute atomic E-state index is 11.0. The molecule has 0 aromatic rings. The summed E-state index contributed by atoms with van der Waals surface area (Å²) in [5.74, 6) is 0.101. The van der Waals surface area contributed by atoms with E-state index in [0.29, 0.717) is 6.42 Å². The Labute approximate surface area is 75.0 Å². The van der Waals surface area contributed by atoms with Gasteiger partial charge in [0.25, 0.3) is 10.1 Å². The lowest BCUT2D eigenvalue weighted by molar-refractivity contribution is 0.139. The van der Waals surface area contributed by atoms with Gasteiger partial charge in [-0.05, 0) is 27.2 Å². The topological polar surface area (TPSA) is 78.4 Å². The van der Waals surface area contributed by atoms with E-state index < -0.39 is 15.7 Å². The molecule has 0 saturated heterocycles. The normalized spacial score (nSPS) is 12.3. The molecule has 0 radical (unpaired) electrons. The Morgan fingerprint density at radius 1 is 1.25 bits per heavy atom. The van der Waals surface area contributed by atoms with Crippen molar-refractivity contribution in [2.75, 3.05) is 5.75 Å². The highest BCUT2D eigenvalue weighted by Crippen LogP contribution is 2.12. The highest BCUT2D eigenvalue weighted by molar-refractivity contribution is 7.86. The van der Waals surface area contributed by atoms with Crippen LogP contribution in [0.3, 0.4) is 0 Å². The maximum atomic E-state index is 11.0. The van der Waals surface area contributed by atoms with Crippen molar-refractivity contribution in [3.8, 4) is 0 Å². The van der Waals surface area contributed by atoms with E-state index >= 15 is 0 Å². The van der Waals surface area contributed by atoms with Crippen LogP contribution in [0.25, 0.3) is 0 Å². The monoisotopic (exact) mass is 197 g/mol. The summed E-state index contributed by atoms with van der Waals surface area (Å²) in [5, 5.41) is 0. The smallest absolute Gasteiger partial charge is 0.267 e. The minimum Gasteiger partial charge on any atom is -0.344 e. The van der Waals surface area contributed by atoms with Crippen LogP contribution in [-0.2, 0) is 14.3 Å². The number of hydrogen-bond acceptors (Lipinski definition) is 4. The van der Waals surface area contributed by atoms with Crippen molar-refractivity contribution in [3.05, 3.63) is 0 Å². The minimum atomic E-state index is -3.29. The lowest BCUT2D eigenvalue weighted by atomic mass is 10.2. The summed E-state index contributed by atoms with van der Waals surface area (Å²) in [5.41, 5.74) is -0.603. The average molecular weight is 197 g/mol. The lowest BCUT2D eigenvalue weighted by Gasteiger charge is -2.18. The first-order valence-corrected chi connectivity index (χ1v) is 5.28. The fraction of sp³-hybridized carbons (Fsp3) is 1.00. The van der Waals surface area contributed by atoms with E-state index in [1.54, 1.807) is 20.8 Å². The van der Waals surface area contributed by atoms with E-state index in [0.717, 1.165) is 0 Å². The van der Waals surface area contributed by atoms with Crippen molar-refractivity contribution in [1.82, 2.24) is 6.15 Å². The molecule has 12 heavy (non-hydrogen) atoms. The van der Waals surface area contributed by atoms with Crippen molar-refractivity contribution in [3.63, 3.8) is 0 Å². The van der Waals surface area contributed by atoms with E-state index in [1.165, 1.54) is 0 Å². The van der Waals surface area contributed by atoms with Gasteiger partial charge in [0.05, 0.1) is 11.4 Å². The Morgan fingerprint density at radius 2 is 1.67 bits per heavy atom. The molecule has 0 amide bonds. The molecule has 0 aliphatic carbocycles. The molecular formula is C7H19NO3S. The van der Waals surface area contributed by atoms with Gasteiger partial charge in [0.1, 0.15) is 0 Å². The molecule has 0 spiro atoms. The number of rotatable bonds is 3. The molecule has 0 aliphatic rings. The van der Waals surface area contributed by atoms with Crippen LogP contribution in [-0.4, -0.2) is 19.8 Å². The largest absolute Gasteiger partial charge is 0.344 e. The summed E-state index contributed by atoms with van der Waals surface area (Å²) in [7, 11) is -3.29. The molecule has 0 aliphatic heterocycles. The molecule has 0 rings (SSSR count). The summed E-state index contributed by atoms with van der Waals surface area (Å²) in [6.07, 6.45) is 0.596. The van der Waals surface area contributed by atoms with Gasteiger partial charge in [-0.3, -0.25) is 4.18 Å². The first-order chi connectivity index (χ1) is 4.77. The Hall–Kier alpha value is -0.130. The van der Waals surface area contributed by atoms with Crippen molar-refractivity contribution in [2.24, 2.45) is 0 Å². The quantitative estimate of drug-likeness (QED) is 0.698. The van der Waals surface area contributed by atoms with Crippen LogP contribution in [0, 0.1) is 0 Å². The first-order valence-electron chi connectivity index (χ1n) is 3.70. The molecule has 0 aromatic carbocycles. The van der Waals surface area contributed by atoms with Gasteiger partial charge in [0.2, 0.25) is 0 Å². The average Bonchev–Trinajstić information content (AvgIpc) is 1.55. The van der Waals surface area contributed by atoms with Crippen LogP contribution in [0.1, 0.15) is 34.1 Å². The molecule has 0 unspecified atom stereocenters. The summed E-state index contributed by atoms with van der Waals surface area (Å²) < 4.78 is 26.9. The SMILES string of the molecule is CCCS(=O)(=O)OC(C)(C)C.N. The summed E-state index contributed by atoms with van der Waals surface area (Å²) >= 11 is 0. The standard InChI is InChI=1S/C7H16O3S.H3N/c1-5-6-11(8,9)10-7(2,3)4;/h5-6H2,1-4H3;1H3. The minimum absolute atomic E-state index is 0. The molecule has 0 saturated carbocycles. The van der Waals surface area contributed by atoms with Crippen LogP contribution in [0.5, 0.6) is 0 Å². The second kappa shape index (κ2) is 4.79. The molecule has 3 N–H and O–H groups in total. The molecule has 0 atom stereocenters. The van der Waals surface area contributed by atoms with E-state index in [4.69, 9.17) is 4.18 Å². The van der Waals surface area contributed by atoms with Gasteiger partial charge < -0.3 is 6.15 Å². The number of hydrogen-bond donors (Lipinski definition) is 1. The van der Waals surface area contributed by atoms with E-state index in [2.05, 4.69) is 0 Å². The fourth-order valence-electron chi connectivity index (χ4n) is 0.673. The van der Waals surface area contributed by atoms with Crippen LogP contribution in [0.4, 0.5) is 0 Å². The molecule has 4 nitrogen and oxygen atoms in total. The highest BCUT2D eigenvalue weighted by atomic mass is 32.2. The third-order valence-corrected chi connectivity index (χ3v) is 2.49. The van der Waals surface area contributed by atoms with Crippen LogP contribution >= 0.6 is 0 Å². The Bertz CT molecular complexity index is 203. The van der Waals surface area contributed by atoms with Gasteiger partial charge >= 0.3 is 0 Å². The zero-order valence-corrected chi connectivity index (χ0v) is 9.07. The van der Waals surface area contributed by atoms with Gasteiger partial charge in [-0.2, -0.15) is 8.42 Å². The molecule has 0 heterocycles. The second-order valence-electron chi connectivity index (χ2n) is 3.46. The summed E-state index contributed by atoms with van der Waals surface area (Å²) in [6.45, 7) is 6.98. The molecule has 0 fully saturated rings.